The Bertz CT molecular complexity index is 920. The van der Waals surface area contributed by atoms with Crippen LogP contribution >= 0.6 is 11.6 Å². The summed E-state index contributed by atoms with van der Waals surface area (Å²) in [4.78, 5) is 28.5. The number of esters is 1. The van der Waals surface area contributed by atoms with Crippen LogP contribution < -0.4 is 11.5 Å². The van der Waals surface area contributed by atoms with Crippen molar-refractivity contribution in [1.29, 1.82) is 0 Å². The Morgan fingerprint density at radius 3 is 2.33 bits per heavy atom. The molecule has 0 radical (unpaired) electrons. The first kappa shape index (κ1) is 20.1. The zero-order valence-corrected chi connectivity index (χ0v) is 15.2. The highest BCUT2D eigenvalue weighted by Crippen LogP contribution is 2.17. The molecule has 0 saturated heterocycles. The molecule has 0 aliphatic rings. The lowest BCUT2D eigenvalue weighted by atomic mass is 10.1. The summed E-state index contributed by atoms with van der Waals surface area (Å²) in [5.74, 6) is -2.02. The molecule has 140 valence electrons. The monoisotopic (exact) mass is 389 g/mol. The van der Waals surface area contributed by atoms with Crippen molar-refractivity contribution in [2.45, 2.75) is 6.92 Å². The maximum atomic E-state index is 13.0. The molecular formula is C19H17ClFN3O3. The van der Waals surface area contributed by atoms with Crippen LogP contribution in [0, 0.1) is 5.82 Å². The quantitative estimate of drug-likeness (QED) is 0.259. The van der Waals surface area contributed by atoms with E-state index in [4.69, 9.17) is 27.8 Å². The Labute approximate surface area is 160 Å². The van der Waals surface area contributed by atoms with Crippen LogP contribution in [0.2, 0.25) is 5.02 Å². The van der Waals surface area contributed by atoms with Gasteiger partial charge in [0.25, 0.3) is 0 Å². The number of hydrogen-bond donors (Lipinski definition) is 2. The van der Waals surface area contributed by atoms with Crippen molar-refractivity contribution in [2.24, 2.45) is 16.5 Å². The molecule has 0 spiro atoms. The molecule has 0 fully saturated rings. The number of amidine groups is 1. The van der Waals surface area contributed by atoms with Crippen LogP contribution in [-0.2, 0) is 9.53 Å². The number of nitrogens with zero attached hydrogens (tertiary/aromatic N) is 1. The number of carbonyl (C=O) groups excluding carboxylic acids is 2. The van der Waals surface area contributed by atoms with Gasteiger partial charge in [-0.1, -0.05) is 23.7 Å². The Balaban J connectivity index is 2.13. The van der Waals surface area contributed by atoms with Crippen molar-refractivity contribution < 1.29 is 18.7 Å². The minimum absolute atomic E-state index is 0.0635. The summed E-state index contributed by atoms with van der Waals surface area (Å²) in [5.41, 5.74) is 12.0. The van der Waals surface area contributed by atoms with Gasteiger partial charge in [0.1, 0.15) is 17.2 Å². The number of ketones is 1. The molecule has 0 heterocycles. The number of carbonyl (C=O) groups is 2. The van der Waals surface area contributed by atoms with Gasteiger partial charge < -0.3 is 16.2 Å². The van der Waals surface area contributed by atoms with Gasteiger partial charge in [0, 0.05) is 11.3 Å². The fourth-order valence-electron chi connectivity index (χ4n) is 2.15. The lowest BCUT2D eigenvalue weighted by molar-refractivity contribution is -0.137. The number of Topliss-reactive ketones (excluding diaryl/α,β-unsaturated/α-hetero) is 1. The van der Waals surface area contributed by atoms with E-state index in [1.807, 2.05) is 0 Å². The molecule has 2 rings (SSSR count). The number of allylic oxidation sites excluding steroid dienone is 1. The van der Waals surface area contributed by atoms with Crippen LogP contribution in [0.25, 0.3) is 0 Å². The van der Waals surface area contributed by atoms with Gasteiger partial charge in [0.15, 0.2) is 6.61 Å². The van der Waals surface area contributed by atoms with Crippen LogP contribution in [-0.4, -0.2) is 24.2 Å². The molecule has 4 N–H and O–H groups in total. The molecule has 0 aliphatic heterocycles. The number of rotatable bonds is 6. The van der Waals surface area contributed by atoms with Gasteiger partial charge in [0.2, 0.25) is 5.78 Å². The van der Waals surface area contributed by atoms with E-state index in [-0.39, 0.29) is 27.7 Å². The van der Waals surface area contributed by atoms with Crippen LogP contribution in [0.5, 0.6) is 0 Å². The van der Waals surface area contributed by atoms with E-state index < -0.39 is 24.2 Å². The van der Waals surface area contributed by atoms with Gasteiger partial charge in [-0.15, -0.1) is 0 Å². The van der Waals surface area contributed by atoms with E-state index in [1.54, 1.807) is 18.2 Å². The predicted octanol–water partition coefficient (Wildman–Crippen LogP) is 3.13. The Morgan fingerprint density at radius 2 is 1.74 bits per heavy atom. The maximum Gasteiger partial charge on any atom is 0.344 e. The highest BCUT2D eigenvalue weighted by Gasteiger charge is 2.20. The van der Waals surface area contributed by atoms with Gasteiger partial charge in [-0.2, -0.15) is 0 Å². The molecule has 0 amide bonds. The number of benzene rings is 2. The smallest absolute Gasteiger partial charge is 0.344 e. The molecule has 0 bridgehead atoms. The predicted molar refractivity (Wildman–Crippen MR) is 101 cm³/mol. The number of halogens is 2. The van der Waals surface area contributed by atoms with Crippen LogP contribution in [0.1, 0.15) is 17.3 Å². The molecule has 8 heteroatoms. The summed E-state index contributed by atoms with van der Waals surface area (Å²) in [6.45, 7) is 0.905. The fraction of sp³-hybridized carbons (Fsp3) is 0.105. The average Bonchev–Trinajstić information content (AvgIpc) is 2.62. The van der Waals surface area contributed by atoms with Crippen LogP contribution in [0.15, 0.2) is 64.8 Å². The second-order valence-electron chi connectivity index (χ2n) is 5.51. The van der Waals surface area contributed by atoms with Gasteiger partial charge in [0.05, 0.1) is 10.7 Å². The van der Waals surface area contributed by atoms with Crippen molar-refractivity contribution in [3.8, 4) is 0 Å². The van der Waals surface area contributed by atoms with Gasteiger partial charge in [-0.3, -0.25) is 4.79 Å². The Morgan fingerprint density at radius 1 is 1.11 bits per heavy atom. The van der Waals surface area contributed by atoms with Crippen molar-refractivity contribution >= 4 is 34.9 Å². The third kappa shape index (κ3) is 5.39. The second-order valence-corrected chi connectivity index (χ2v) is 5.92. The van der Waals surface area contributed by atoms with Crippen molar-refractivity contribution in [2.75, 3.05) is 6.61 Å². The number of nitrogens with two attached hydrogens (primary N) is 2. The lowest BCUT2D eigenvalue weighted by Gasteiger charge is -2.10. The minimum atomic E-state index is -0.904. The van der Waals surface area contributed by atoms with E-state index in [2.05, 4.69) is 4.99 Å². The third-order valence-corrected chi connectivity index (χ3v) is 3.77. The summed E-state index contributed by atoms with van der Waals surface area (Å²) < 4.78 is 18.0. The molecule has 0 unspecified atom stereocenters. The highest BCUT2D eigenvalue weighted by atomic mass is 35.5. The molecule has 2 aromatic carbocycles. The molecule has 6 nitrogen and oxygen atoms in total. The zero-order valence-electron chi connectivity index (χ0n) is 14.4. The van der Waals surface area contributed by atoms with Gasteiger partial charge in [-0.05, 0) is 43.3 Å². The SMILES string of the molecule is C/C(N)=C(\C(=O)OCC(=O)c1ccccc1Cl)C(N)=Nc1ccc(F)cc1. The molecule has 0 aromatic heterocycles. The maximum absolute atomic E-state index is 13.0. The average molecular weight is 390 g/mol. The summed E-state index contributed by atoms with van der Waals surface area (Å²) in [7, 11) is 0. The number of aliphatic imine (C=N–C) groups is 1. The standard InChI is InChI=1S/C19H17ClFN3O3/c1-11(22)17(18(23)24-13-8-6-12(21)7-9-13)19(26)27-10-16(25)14-4-2-3-5-15(14)20/h2-9H,10,22H2,1H3,(H2,23,24)/b17-11+. The van der Waals surface area contributed by atoms with E-state index in [0.717, 1.165) is 0 Å². The van der Waals surface area contributed by atoms with Crippen molar-refractivity contribution in [1.82, 2.24) is 0 Å². The number of hydrogen-bond acceptors (Lipinski definition) is 5. The number of ether oxygens (including phenoxy) is 1. The first-order valence-electron chi connectivity index (χ1n) is 7.81. The third-order valence-electron chi connectivity index (χ3n) is 3.44. The fourth-order valence-corrected chi connectivity index (χ4v) is 2.39. The van der Waals surface area contributed by atoms with E-state index in [9.17, 15) is 14.0 Å². The summed E-state index contributed by atoms with van der Waals surface area (Å²) in [5, 5.41) is 0.252. The normalized spacial score (nSPS) is 12.3. The summed E-state index contributed by atoms with van der Waals surface area (Å²) >= 11 is 5.94. The Kier molecular flexibility index (Phi) is 6.67. The highest BCUT2D eigenvalue weighted by molar-refractivity contribution is 6.34. The summed E-state index contributed by atoms with van der Waals surface area (Å²) in [6.07, 6.45) is 0. The minimum Gasteiger partial charge on any atom is -0.454 e. The first-order chi connectivity index (χ1) is 12.8. The molecule has 0 aliphatic carbocycles. The second kappa shape index (κ2) is 8.95. The first-order valence-corrected chi connectivity index (χ1v) is 8.18. The molecule has 0 atom stereocenters. The van der Waals surface area contributed by atoms with Crippen LogP contribution in [0.4, 0.5) is 10.1 Å². The summed E-state index contributed by atoms with van der Waals surface area (Å²) in [6, 6.07) is 11.6. The molecule has 0 saturated carbocycles. The van der Waals surface area contributed by atoms with E-state index in [0.29, 0.717) is 5.69 Å². The van der Waals surface area contributed by atoms with Crippen LogP contribution in [0.3, 0.4) is 0 Å². The van der Waals surface area contributed by atoms with Gasteiger partial charge in [-0.25, -0.2) is 14.2 Å². The largest absolute Gasteiger partial charge is 0.454 e. The van der Waals surface area contributed by atoms with E-state index in [1.165, 1.54) is 37.3 Å². The molecular weight excluding hydrogens is 373 g/mol. The van der Waals surface area contributed by atoms with E-state index >= 15 is 0 Å². The van der Waals surface area contributed by atoms with Crippen molar-refractivity contribution in [3.63, 3.8) is 0 Å². The lowest BCUT2D eigenvalue weighted by Crippen LogP contribution is -2.27. The molecule has 2 aromatic rings. The van der Waals surface area contributed by atoms with Gasteiger partial charge >= 0.3 is 5.97 Å². The topological polar surface area (TPSA) is 108 Å². The van der Waals surface area contributed by atoms with Crippen molar-refractivity contribution in [3.05, 3.63) is 76.2 Å². The molecule has 27 heavy (non-hydrogen) atoms. The zero-order chi connectivity index (χ0) is 20.0. The Hall–Kier alpha value is -3.19.